The number of ether oxygens (including phenoxy) is 1. The topological polar surface area (TPSA) is 38.7 Å². The van der Waals surface area contributed by atoms with Gasteiger partial charge in [0.05, 0.1) is 18.8 Å². The first-order chi connectivity index (χ1) is 17.6. The number of hydrogen-bond donors (Lipinski definition) is 1. The monoisotopic (exact) mass is 516 g/mol. The summed E-state index contributed by atoms with van der Waals surface area (Å²) in [4.78, 5) is 0. The molecule has 4 rings (SSSR count). The van der Waals surface area contributed by atoms with Gasteiger partial charge in [-0.1, -0.05) is 119 Å². The SMILES string of the molecule is CC(C)C(C)(C)[Si](C)(C)O[C@H]1C[C@@H](O)C[C@@H]1COC(c1ccccc1)(c1ccccc1)c1ccccc1. The molecule has 0 radical (unpaired) electrons. The second-order valence-electron chi connectivity index (χ2n) is 12.0. The maximum absolute atomic E-state index is 10.7. The minimum atomic E-state index is -2.06. The zero-order valence-electron chi connectivity index (χ0n) is 23.4. The van der Waals surface area contributed by atoms with Gasteiger partial charge in [0.1, 0.15) is 5.60 Å². The zero-order valence-corrected chi connectivity index (χ0v) is 24.4. The van der Waals surface area contributed by atoms with E-state index in [2.05, 4.69) is 114 Å². The van der Waals surface area contributed by atoms with Gasteiger partial charge in [0.25, 0.3) is 0 Å². The fourth-order valence-electron chi connectivity index (χ4n) is 5.60. The van der Waals surface area contributed by atoms with Gasteiger partial charge < -0.3 is 14.3 Å². The van der Waals surface area contributed by atoms with Crippen LogP contribution in [0.15, 0.2) is 91.0 Å². The molecule has 1 fully saturated rings. The lowest BCUT2D eigenvalue weighted by atomic mass is 9.80. The first-order valence-electron chi connectivity index (χ1n) is 13.7. The molecule has 3 atom stereocenters. The maximum atomic E-state index is 10.7. The summed E-state index contributed by atoms with van der Waals surface area (Å²) in [7, 11) is -2.06. The molecule has 1 aliphatic rings. The molecule has 0 spiro atoms. The Kier molecular flexibility index (Phi) is 8.44. The standard InChI is InChI=1S/C33H44O3Si/c1-25(2)32(3,4)37(5,6)36-31-23-30(34)22-26(31)24-35-33(27-16-10-7-11-17-27,28-18-12-8-13-19-28)29-20-14-9-15-21-29/h7-21,25-26,30-31,34H,22-24H2,1-6H3/t26-,30+,31+/m1/s1. The van der Waals surface area contributed by atoms with Crippen molar-refractivity contribution in [2.45, 2.75) is 76.5 Å². The summed E-state index contributed by atoms with van der Waals surface area (Å²) in [6, 6.07) is 31.5. The van der Waals surface area contributed by atoms with E-state index < -0.39 is 13.9 Å². The van der Waals surface area contributed by atoms with Gasteiger partial charge in [-0.3, -0.25) is 0 Å². The first-order valence-corrected chi connectivity index (χ1v) is 16.6. The summed E-state index contributed by atoms with van der Waals surface area (Å²) in [5, 5.41) is 10.9. The molecule has 0 amide bonds. The van der Waals surface area contributed by atoms with Crippen LogP contribution in [-0.2, 0) is 14.8 Å². The maximum Gasteiger partial charge on any atom is 0.192 e. The third kappa shape index (κ3) is 5.63. The van der Waals surface area contributed by atoms with Crippen LogP contribution in [0, 0.1) is 11.8 Å². The molecule has 0 heterocycles. The number of benzene rings is 3. The molecule has 198 valence electrons. The molecule has 3 nitrogen and oxygen atoms in total. The summed E-state index contributed by atoms with van der Waals surface area (Å²) in [6.07, 6.45) is 1.01. The molecule has 0 unspecified atom stereocenters. The Morgan fingerprint density at radius 1 is 0.784 bits per heavy atom. The molecule has 37 heavy (non-hydrogen) atoms. The molecule has 4 heteroatoms. The van der Waals surface area contributed by atoms with Crippen LogP contribution in [0.4, 0.5) is 0 Å². The molecule has 0 saturated heterocycles. The van der Waals surface area contributed by atoms with E-state index in [9.17, 15) is 5.11 Å². The normalized spacial score (nSPS) is 20.9. The lowest BCUT2D eigenvalue weighted by molar-refractivity contribution is -0.0280. The van der Waals surface area contributed by atoms with E-state index >= 15 is 0 Å². The Morgan fingerprint density at radius 2 is 1.22 bits per heavy atom. The minimum absolute atomic E-state index is 0.00490. The van der Waals surface area contributed by atoms with Crippen LogP contribution in [0.25, 0.3) is 0 Å². The first kappa shape index (κ1) is 27.8. The van der Waals surface area contributed by atoms with Gasteiger partial charge in [0.2, 0.25) is 0 Å². The Bertz CT molecular complexity index is 1020. The predicted octanol–water partition coefficient (Wildman–Crippen LogP) is 7.79. The smallest absolute Gasteiger partial charge is 0.192 e. The Morgan fingerprint density at radius 3 is 1.62 bits per heavy atom. The van der Waals surface area contributed by atoms with E-state index in [0.29, 0.717) is 25.4 Å². The van der Waals surface area contributed by atoms with Crippen LogP contribution >= 0.6 is 0 Å². The molecule has 3 aromatic carbocycles. The number of rotatable bonds is 10. The van der Waals surface area contributed by atoms with Gasteiger partial charge in [-0.25, -0.2) is 0 Å². The van der Waals surface area contributed by atoms with E-state index in [1.807, 2.05) is 18.2 Å². The highest BCUT2D eigenvalue weighted by atomic mass is 28.4. The predicted molar refractivity (Wildman–Crippen MR) is 155 cm³/mol. The van der Waals surface area contributed by atoms with E-state index in [0.717, 1.165) is 16.7 Å². The Hall–Kier alpha value is -2.24. The van der Waals surface area contributed by atoms with Crippen LogP contribution in [0.5, 0.6) is 0 Å². The van der Waals surface area contributed by atoms with E-state index in [-0.39, 0.29) is 23.2 Å². The van der Waals surface area contributed by atoms with Crippen LogP contribution in [-0.4, -0.2) is 32.2 Å². The molecule has 1 aliphatic carbocycles. The fraction of sp³-hybridized carbons (Fsp3) is 0.455. The lowest BCUT2D eigenvalue weighted by Gasteiger charge is -2.45. The molecule has 3 aromatic rings. The van der Waals surface area contributed by atoms with Crippen molar-refractivity contribution in [1.29, 1.82) is 0 Å². The van der Waals surface area contributed by atoms with Crippen molar-refractivity contribution in [3.63, 3.8) is 0 Å². The highest BCUT2D eigenvalue weighted by molar-refractivity contribution is 6.74. The highest BCUT2D eigenvalue weighted by Gasteiger charge is 2.48. The third-order valence-corrected chi connectivity index (χ3v) is 13.7. The van der Waals surface area contributed by atoms with Crippen molar-refractivity contribution in [3.05, 3.63) is 108 Å². The summed E-state index contributed by atoms with van der Waals surface area (Å²) >= 11 is 0. The largest absolute Gasteiger partial charge is 0.413 e. The second kappa shape index (κ2) is 11.2. The van der Waals surface area contributed by atoms with Gasteiger partial charge in [-0.05, 0) is 53.6 Å². The Balaban J connectivity index is 1.70. The Labute approximate surface area is 225 Å². The zero-order chi connectivity index (χ0) is 26.7. The third-order valence-electron chi connectivity index (χ3n) is 9.10. The number of aliphatic hydroxyl groups is 1. The molecular weight excluding hydrogens is 472 g/mol. The van der Waals surface area contributed by atoms with E-state index in [4.69, 9.17) is 9.16 Å². The van der Waals surface area contributed by atoms with E-state index in [1.54, 1.807) is 0 Å². The van der Waals surface area contributed by atoms with Crippen LogP contribution in [0.2, 0.25) is 18.1 Å². The van der Waals surface area contributed by atoms with Crippen molar-refractivity contribution in [2.24, 2.45) is 11.8 Å². The van der Waals surface area contributed by atoms with Crippen LogP contribution in [0.3, 0.4) is 0 Å². The minimum Gasteiger partial charge on any atom is -0.413 e. The number of hydrogen-bond acceptors (Lipinski definition) is 3. The molecule has 1 N–H and O–H groups in total. The summed E-state index contributed by atoms with van der Waals surface area (Å²) in [5.41, 5.74) is 2.53. The quantitative estimate of drug-likeness (QED) is 0.221. The number of aliphatic hydroxyl groups excluding tert-OH is 1. The summed E-state index contributed by atoms with van der Waals surface area (Å²) in [6.45, 7) is 14.4. The van der Waals surface area contributed by atoms with Crippen LogP contribution < -0.4 is 0 Å². The average Bonchev–Trinajstić information content (AvgIpc) is 3.24. The van der Waals surface area contributed by atoms with E-state index in [1.165, 1.54) is 0 Å². The highest BCUT2D eigenvalue weighted by Crippen LogP contribution is 2.47. The second-order valence-corrected chi connectivity index (χ2v) is 16.6. The van der Waals surface area contributed by atoms with Crippen molar-refractivity contribution in [1.82, 2.24) is 0 Å². The van der Waals surface area contributed by atoms with Gasteiger partial charge in [0, 0.05) is 5.92 Å². The molecular formula is C33H44O3Si. The molecule has 0 bridgehead atoms. The summed E-state index contributed by atoms with van der Waals surface area (Å²) in [5.74, 6) is 0.650. The van der Waals surface area contributed by atoms with Crippen molar-refractivity contribution in [2.75, 3.05) is 6.61 Å². The van der Waals surface area contributed by atoms with Crippen molar-refractivity contribution >= 4 is 8.32 Å². The average molecular weight is 517 g/mol. The summed E-state index contributed by atoms with van der Waals surface area (Å²) < 4.78 is 14.1. The van der Waals surface area contributed by atoms with Crippen LogP contribution in [0.1, 0.15) is 57.2 Å². The molecule has 0 aromatic heterocycles. The lowest BCUT2D eigenvalue weighted by Crippen LogP contribution is -2.49. The van der Waals surface area contributed by atoms with Gasteiger partial charge >= 0.3 is 0 Å². The van der Waals surface area contributed by atoms with Gasteiger partial charge in [-0.15, -0.1) is 0 Å². The van der Waals surface area contributed by atoms with Gasteiger partial charge in [0.15, 0.2) is 8.32 Å². The van der Waals surface area contributed by atoms with Gasteiger partial charge in [-0.2, -0.15) is 0 Å². The van der Waals surface area contributed by atoms with Crippen molar-refractivity contribution < 1.29 is 14.3 Å². The van der Waals surface area contributed by atoms with Crippen molar-refractivity contribution in [3.8, 4) is 0 Å². The molecule has 0 aliphatic heterocycles. The fourth-order valence-corrected chi connectivity index (χ4v) is 8.34. The molecule has 1 saturated carbocycles.